The first kappa shape index (κ1) is 24.2. The first-order valence-electron chi connectivity index (χ1n) is 11.6. The molecule has 4 rings (SSSR count). The maximum atomic E-state index is 13.4. The molecule has 0 atom stereocenters. The van der Waals surface area contributed by atoms with E-state index >= 15 is 0 Å². The van der Waals surface area contributed by atoms with Gasteiger partial charge >= 0.3 is 0 Å². The minimum Gasteiger partial charge on any atom is -0.493 e. The first-order chi connectivity index (χ1) is 16.4. The number of methoxy groups -OCH3 is 2. The van der Waals surface area contributed by atoms with Gasteiger partial charge in [0.15, 0.2) is 11.5 Å². The molecule has 1 N–H and O–H groups in total. The number of hydrogen-bond acceptors (Lipinski definition) is 7. The molecule has 1 aliphatic rings. The molecule has 1 saturated heterocycles. The average Bonchev–Trinajstić information content (AvgIpc) is 3.43. The standard InChI is InChI=1S/C25H32N4O4S/c1-16-17(2)34-24-23(16)25(31)29(21(27-24)14-28-11-5-6-12-28)15-22(30)26-10-9-18-7-8-19(32-3)20(13-18)33-4/h7-8,13H,5-6,9-12,14-15H2,1-4H3,(H,26,30). The summed E-state index contributed by atoms with van der Waals surface area (Å²) in [6.45, 7) is 6.95. The van der Waals surface area contributed by atoms with E-state index in [1.54, 1.807) is 30.1 Å². The number of carbonyl (C=O) groups excluding carboxylic acids is 1. The summed E-state index contributed by atoms with van der Waals surface area (Å²) in [6.07, 6.45) is 2.95. The Balaban J connectivity index is 1.49. The third kappa shape index (κ3) is 5.10. The van der Waals surface area contributed by atoms with E-state index < -0.39 is 0 Å². The average molecular weight is 485 g/mol. The predicted octanol–water partition coefficient (Wildman–Crippen LogP) is 3.05. The molecule has 3 aromatic rings. The lowest BCUT2D eigenvalue weighted by molar-refractivity contribution is -0.121. The summed E-state index contributed by atoms with van der Waals surface area (Å²) in [5.41, 5.74) is 1.85. The minimum absolute atomic E-state index is 0.0365. The molecule has 3 heterocycles. The third-order valence-electron chi connectivity index (χ3n) is 6.42. The number of amides is 1. The molecule has 2 aromatic heterocycles. The van der Waals surface area contributed by atoms with Crippen LogP contribution in [0.5, 0.6) is 11.5 Å². The zero-order chi connectivity index (χ0) is 24.2. The van der Waals surface area contributed by atoms with Gasteiger partial charge in [0, 0.05) is 11.4 Å². The molecule has 8 nitrogen and oxygen atoms in total. The highest BCUT2D eigenvalue weighted by atomic mass is 32.1. The van der Waals surface area contributed by atoms with Gasteiger partial charge in [0.2, 0.25) is 5.91 Å². The Labute approximate surface area is 203 Å². The molecular formula is C25H32N4O4S. The van der Waals surface area contributed by atoms with Gasteiger partial charge in [0.1, 0.15) is 17.2 Å². The number of thiophene rings is 1. The highest BCUT2D eigenvalue weighted by molar-refractivity contribution is 7.18. The molecule has 34 heavy (non-hydrogen) atoms. The van der Waals surface area contributed by atoms with Crippen LogP contribution >= 0.6 is 11.3 Å². The number of likely N-dealkylation sites (tertiary alicyclic amines) is 1. The fourth-order valence-electron chi connectivity index (χ4n) is 4.38. The van der Waals surface area contributed by atoms with E-state index in [9.17, 15) is 9.59 Å². The van der Waals surface area contributed by atoms with Gasteiger partial charge in [0.25, 0.3) is 5.56 Å². The summed E-state index contributed by atoms with van der Waals surface area (Å²) in [5, 5.41) is 3.58. The minimum atomic E-state index is -0.198. The monoisotopic (exact) mass is 484 g/mol. The van der Waals surface area contributed by atoms with E-state index in [1.165, 1.54) is 0 Å². The first-order valence-corrected chi connectivity index (χ1v) is 12.4. The number of fused-ring (bicyclic) bond motifs is 1. The number of rotatable bonds is 9. The molecule has 0 unspecified atom stereocenters. The lowest BCUT2D eigenvalue weighted by Crippen LogP contribution is -2.36. The van der Waals surface area contributed by atoms with Crippen LogP contribution in [0, 0.1) is 13.8 Å². The van der Waals surface area contributed by atoms with Crippen LogP contribution in [0.25, 0.3) is 10.2 Å². The van der Waals surface area contributed by atoms with E-state index in [1.807, 2.05) is 32.0 Å². The second kappa shape index (κ2) is 10.6. The van der Waals surface area contributed by atoms with Gasteiger partial charge < -0.3 is 14.8 Å². The van der Waals surface area contributed by atoms with Gasteiger partial charge in [-0.3, -0.25) is 19.1 Å². The van der Waals surface area contributed by atoms with Crippen LogP contribution in [-0.4, -0.2) is 54.2 Å². The maximum absolute atomic E-state index is 13.4. The Morgan fingerprint density at radius 3 is 2.59 bits per heavy atom. The molecule has 0 bridgehead atoms. The van der Waals surface area contributed by atoms with Crippen molar-refractivity contribution in [2.45, 2.75) is 46.2 Å². The number of carbonyl (C=O) groups is 1. The Hall–Kier alpha value is -2.91. The molecule has 0 radical (unpaired) electrons. The lowest BCUT2D eigenvalue weighted by atomic mass is 10.1. The van der Waals surface area contributed by atoms with Gasteiger partial charge in [-0.25, -0.2) is 4.98 Å². The number of aromatic nitrogens is 2. The van der Waals surface area contributed by atoms with Crippen molar-refractivity contribution >= 4 is 27.5 Å². The van der Waals surface area contributed by atoms with Crippen molar-refractivity contribution in [3.63, 3.8) is 0 Å². The summed E-state index contributed by atoms with van der Waals surface area (Å²) in [7, 11) is 3.20. The van der Waals surface area contributed by atoms with Gasteiger partial charge in [-0.2, -0.15) is 0 Å². The van der Waals surface area contributed by atoms with E-state index in [0.29, 0.717) is 42.2 Å². The number of nitrogens with one attached hydrogen (secondary N) is 1. The summed E-state index contributed by atoms with van der Waals surface area (Å²) >= 11 is 1.55. The quantitative estimate of drug-likeness (QED) is 0.503. The normalized spacial score (nSPS) is 14.0. The van der Waals surface area contributed by atoms with E-state index in [2.05, 4.69) is 10.2 Å². The highest BCUT2D eigenvalue weighted by Gasteiger charge is 2.21. The molecule has 182 valence electrons. The van der Waals surface area contributed by atoms with Crippen molar-refractivity contribution in [1.82, 2.24) is 19.8 Å². The van der Waals surface area contributed by atoms with Crippen molar-refractivity contribution in [2.75, 3.05) is 33.9 Å². The molecule has 9 heteroatoms. The van der Waals surface area contributed by atoms with Gasteiger partial charge in [-0.05, 0) is 69.5 Å². The lowest BCUT2D eigenvalue weighted by Gasteiger charge is -2.18. The summed E-state index contributed by atoms with van der Waals surface area (Å²) in [5.74, 6) is 1.79. The fourth-order valence-corrected chi connectivity index (χ4v) is 5.41. The number of nitrogens with zero attached hydrogens (tertiary/aromatic N) is 3. The van der Waals surface area contributed by atoms with Crippen molar-refractivity contribution in [1.29, 1.82) is 0 Å². The number of benzene rings is 1. The smallest absolute Gasteiger partial charge is 0.263 e. The van der Waals surface area contributed by atoms with Crippen LogP contribution in [0.1, 0.15) is 34.7 Å². The van der Waals surface area contributed by atoms with Crippen molar-refractivity contribution in [3.05, 3.63) is 50.4 Å². The molecule has 1 aliphatic heterocycles. The molecule has 0 aliphatic carbocycles. The summed E-state index contributed by atoms with van der Waals surface area (Å²) < 4.78 is 12.2. The topological polar surface area (TPSA) is 85.7 Å². The van der Waals surface area contributed by atoms with E-state index in [0.717, 1.165) is 46.8 Å². The second-order valence-electron chi connectivity index (χ2n) is 8.66. The van der Waals surface area contributed by atoms with E-state index in [4.69, 9.17) is 14.5 Å². The Morgan fingerprint density at radius 1 is 1.15 bits per heavy atom. The number of aryl methyl sites for hydroxylation is 2. The largest absolute Gasteiger partial charge is 0.493 e. The zero-order valence-corrected chi connectivity index (χ0v) is 21.1. The van der Waals surface area contributed by atoms with Gasteiger partial charge in [0.05, 0.1) is 26.2 Å². The van der Waals surface area contributed by atoms with Crippen LogP contribution < -0.4 is 20.3 Å². The number of hydrogen-bond donors (Lipinski definition) is 1. The molecule has 0 saturated carbocycles. The van der Waals surface area contributed by atoms with Crippen molar-refractivity contribution in [3.8, 4) is 11.5 Å². The van der Waals surface area contributed by atoms with Crippen LogP contribution in [0.2, 0.25) is 0 Å². The van der Waals surface area contributed by atoms with Crippen LogP contribution in [-0.2, 0) is 24.3 Å². The van der Waals surface area contributed by atoms with E-state index in [-0.39, 0.29) is 18.0 Å². The molecular weight excluding hydrogens is 452 g/mol. The fraction of sp³-hybridized carbons (Fsp3) is 0.480. The predicted molar refractivity (Wildman–Crippen MR) is 134 cm³/mol. The highest BCUT2D eigenvalue weighted by Crippen LogP contribution is 2.28. The van der Waals surface area contributed by atoms with Gasteiger partial charge in [-0.15, -0.1) is 11.3 Å². The Morgan fingerprint density at radius 2 is 1.88 bits per heavy atom. The van der Waals surface area contributed by atoms with Crippen LogP contribution in [0.4, 0.5) is 0 Å². The number of ether oxygens (including phenoxy) is 2. The van der Waals surface area contributed by atoms with Gasteiger partial charge in [-0.1, -0.05) is 6.07 Å². The SMILES string of the molecule is COc1ccc(CCNC(=O)Cn2c(CN3CCCC3)nc3sc(C)c(C)c3c2=O)cc1OC. The third-order valence-corrected chi connectivity index (χ3v) is 7.52. The Bertz CT molecular complexity index is 1240. The molecule has 1 amide bonds. The zero-order valence-electron chi connectivity index (χ0n) is 20.3. The second-order valence-corrected chi connectivity index (χ2v) is 9.86. The molecule has 1 fully saturated rings. The van der Waals surface area contributed by atoms with Crippen molar-refractivity contribution in [2.24, 2.45) is 0 Å². The summed E-state index contributed by atoms with van der Waals surface area (Å²) in [4.78, 5) is 35.2. The molecule has 0 spiro atoms. The van der Waals surface area contributed by atoms with Crippen LogP contribution in [0.15, 0.2) is 23.0 Å². The van der Waals surface area contributed by atoms with Crippen molar-refractivity contribution < 1.29 is 14.3 Å². The molecule has 1 aromatic carbocycles. The van der Waals surface area contributed by atoms with Crippen LogP contribution in [0.3, 0.4) is 0 Å². The summed E-state index contributed by atoms with van der Waals surface area (Å²) in [6, 6.07) is 5.71. The maximum Gasteiger partial charge on any atom is 0.263 e. The Kier molecular flexibility index (Phi) is 7.53.